The number of para-hydroxylation sites is 1. The highest BCUT2D eigenvalue weighted by Gasteiger charge is 2.22. The van der Waals surface area contributed by atoms with E-state index in [9.17, 15) is 9.59 Å². The van der Waals surface area contributed by atoms with Gasteiger partial charge in [-0.15, -0.1) is 0 Å². The summed E-state index contributed by atoms with van der Waals surface area (Å²) in [5.41, 5.74) is 4.48. The van der Waals surface area contributed by atoms with Crippen molar-refractivity contribution in [2.24, 2.45) is 0 Å². The molecule has 1 aliphatic heterocycles. The van der Waals surface area contributed by atoms with Crippen LogP contribution in [0.15, 0.2) is 83.3 Å². The summed E-state index contributed by atoms with van der Waals surface area (Å²) in [7, 11) is 0. The molecule has 0 radical (unpaired) electrons. The van der Waals surface area contributed by atoms with Crippen LogP contribution in [0.25, 0.3) is 22.3 Å². The lowest BCUT2D eigenvalue weighted by Gasteiger charge is -2.34. The van der Waals surface area contributed by atoms with Gasteiger partial charge in [0.1, 0.15) is 11.3 Å². The Morgan fingerprint density at radius 3 is 2.48 bits per heavy atom. The minimum Gasteiger partial charge on any atom is -0.456 e. The molecule has 1 fully saturated rings. The van der Waals surface area contributed by atoms with Gasteiger partial charge in [-0.3, -0.25) is 4.90 Å². The summed E-state index contributed by atoms with van der Waals surface area (Å²) in [5, 5.41) is 6.87. The Morgan fingerprint density at radius 1 is 0.900 bits per heavy atom. The van der Waals surface area contributed by atoms with Gasteiger partial charge >= 0.3 is 12.1 Å². The number of piperazine rings is 1. The number of hydrogen-bond acceptors (Lipinski definition) is 5. The van der Waals surface area contributed by atoms with Crippen molar-refractivity contribution < 1.29 is 18.7 Å². The first-order chi connectivity index (χ1) is 19.6. The van der Waals surface area contributed by atoms with Gasteiger partial charge in [0.05, 0.1) is 12.3 Å². The number of hydrogen-bond donors (Lipinski definition) is 2. The zero-order chi connectivity index (χ0) is 27.7. The summed E-state index contributed by atoms with van der Waals surface area (Å²) in [5.74, 6) is 0.696. The Bertz CT molecular complexity index is 1430. The third-order valence-electron chi connectivity index (χ3n) is 7.08. The maximum atomic E-state index is 12.6. The number of fused-ring (bicyclic) bond motifs is 1. The predicted molar refractivity (Wildman–Crippen MR) is 157 cm³/mol. The van der Waals surface area contributed by atoms with Gasteiger partial charge in [0.15, 0.2) is 0 Å². The fourth-order valence-corrected chi connectivity index (χ4v) is 4.80. The molecular weight excluding hydrogens is 504 g/mol. The summed E-state index contributed by atoms with van der Waals surface area (Å²) in [6.07, 6.45) is 1.70. The van der Waals surface area contributed by atoms with Crippen molar-refractivity contribution in [1.82, 2.24) is 15.1 Å². The zero-order valence-corrected chi connectivity index (χ0v) is 22.9. The second kappa shape index (κ2) is 13.2. The van der Waals surface area contributed by atoms with Crippen molar-refractivity contribution in [2.45, 2.75) is 32.9 Å². The van der Waals surface area contributed by atoms with Crippen LogP contribution in [0.3, 0.4) is 0 Å². The molecule has 3 amide bonds. The fourth-order valence-electron chi connectivity index (χ4n) is 4.80. The second-order valence-corrected chi connectivity index (χ2v) is 10.1. The molecule has 2 N–H and O–H groups in total. The van der Waals surface area contributed by atoms with Crippen molar-refractivity contribution in [2.75, 3.05) is 38.1 Å². The first kappa shape index (κ1) is 27.3. The maximum absolute atomic E-state index is 12.6. The molecule has 0 saturated carbocycles. The van der Waals surface area contributed by atoms with E-state index in [-0.39, 0.29) is 12.1 Å². The predicted octanol–water partition coefficient (Wildman–Crippen LogP) is 6.48. The number of urea groups is 1. The fraction of sp³-hybridized carbons (Fsp3) is 0.312. The van der Waals surface area contributed by atoms with Gasteiger partial charge in [0.25, 0.3) is 0 Å². The first-order valence-corrected chi connectivity index (χ1v) is 13.9. The highest BCUT2D eigenvalue weighted by molar-refractivity contribution is 5.95. The summed E-state index contributed by atoms with van der Waals surface area (Å²) >= 11 is 0. The number of unbranched alkanes of at least 4 members (excludes halogenated alkanes) is 1. The van der Waals surface area contributed by atoms with Crippen LogP contribution in [-0.2, 0) is 17.8 Å². The summed E-state index contributed by atoms with van der Waals surface area (Å²) in [6, 6.07) is 25.4. The molecule has 40 heavy (non-hydrogen) atoms. The van der Waals surface area contributed by atoms with Crippen molar-refractivity contribution >= 4 is 28.8 Å². The molecular formula is C32H36N4O4. The monoisotopic (exact) mass is 540 g/mol. The van der Waals surface area contributed by atoms with Crippen molar-refractivity contribution in [1.29, 1.82) is 0 Å². The van der Waals surface area contributed by atoms with Gasteiger partial charge in [-0.2, -0.15) is 0 Å². The SMILES string of the molecule is CCCCOC(=O)N1CCN(Cc2ccc3cc(-c4ccccc4NC(=O)NCc4ccccc4)oc3c2)CC1. The van der Waals surface area contributed by atoms with E-state index in [1.165, 1.54) is 0 Å². The lowest BCUT2D eigenvalue weighted by molar-refractivity contribution is 0.0738. The van der Waals surface area contributed by atoms with Gasteiger partial charge in [-0.25, -0.2) is 9.59 Å². The maximum Gasteiger partial charge on any atom is 0.409 e. The molecule has 2 heterocycles. The van der Waals surface area contributed by atoms with Crippen LogP contribution >= 0.6 is 0 Å². The van der Waals surface area contributed by atoms with E-state index in [0.717, 1.165) is 60.1 Å². The number of nitrogens with one attached hydrogen (secondary N) is 2. The highest BCUT2D eigenvalue weighted by atomic mass is 16.6. The molecule has 1 aliphatic rings. The van der Waals surface area contributed by atoms with Gasteiger partial charge < -0.3 is 24.7 Å². The van der Waals surface area contributed by atoms with Gasteiger partial charge in [0, 0.05) is 50.2 Å². The van der Waals surface area contributed by atoms with E-state index in [2.05, 4.69) is 40.7 Å². The second-order valence-electron chi connectivity index (χ2n) is 10.1. The van der Waals surface area contributed by atoms with Crippen molar-refractivity contribution in [3.63, 3.8) is 0 Å². The van der Waals surface area contributed by atoms with Crippen LogP contribution in [-0.4, -0.2) is 54.7 Å². The van der Waals surface area contributed by atoms with E-state index in [0.29, 0.717) is 37.7 Å². The van der Waals surface area contributed by atoms with E-state index in [4.69, 9.17) is 9.15 Å². The lowest BCUT2D eigenvalue weighted by Crippen LogP contribution is -2.48. The number of amides is 3. The van der Waals surface area contributed by atoms with Crippen LogP contribution in [0.1, 0.15) is 30.9 Å². The normalized spacial score (nSPS) is 13.8. The summed E-state index contributed by atoms with van der Waals surface area (Å²) in [4.78, 5) is 29.0. The van der Waals surface area contributed by atoms with Crippen LogP contribution in [0, 0.1) is 0 Å². The number of nitrogens with zero attached hydrogens (tertiary/aromatic N) is 2. The minimum absolute atomic E-state index is 0.207. The quantitative estimate of drug-likeness (QED) is 0.238. The molecule has 0 unspecified atom stereocenters. The van der Waals surface area contributed by atoms with E-state index in [1.807, 2.05) is 60.7 Å². The minimum atomic E-state index is -0.274. The Kier molecular flexibility index (Phi) is 8.98. The lowest BCUT2D eigenvalue weighted by atomic mass is 10.1. The molecule has 0 atom stereocenters. The smallest absolute Gasteiger partial charge is 0.409 e. The van der Waals surface area contributed by atoms with Crippen LogP contribution in [0.4, 0.5) is 15.3 Å². The largest absolute Gasteiger partial charge is 0.456 e. The summed E-state index contributed by atoms with van der Waals surface area (Å²) in [6.45, 7) is 6.74. The molecule has 8 heteroatoms. The molecule has 1 saturated heterocycles. The highest BCUT2D eigenvalue weighted by Crippen LogP contribution is 2.33. The third-order valence-corrected chi connectivity index (χ3v) is 7.08. The zero-order valence-electron chi connectivity index (χ0n) is 22.9. The standard InChI is InChI=1S/C32H36N4O4/c1-2-3-19-39-32(38)36-17-15-35(16-18-36)23-25-13-14-26-21-30(40-29(26)20-25)27-11-7-8-12-28(27)34-31(37)33-22-24-9-5-4-6-10-24/h4-14,20-21H,2-3,15-19,22-23H2,1H3,(H2,33,34,37). The summed E-state index contributed by atoms with van der Waals surface area (Å²) < 4.78 is 11.6. The molecule has 0 aliphatic carbocycles. The van der Waals surface area contributed by atoms with Gasteiger partial charge in [-0.1, -0.05) is 67.9 Å². The van der Waals surface area contributed by atoms with Gasteiger partial charge in [-0.05, 0) is 41.8 Å². The average molecular weight is 541 g/mol. The molecule has 5 rings (SSSR count). The number of benzene rings is 3. The van der Waals surface area contributed by atoms with E-state index >= 15 is 0 Å². The van der Waals surface area contributed by atoms with Crippen LogP contribution in [0.2, 0.25) is 0 Å². The number of rotatable bonds is 9. The molecule has 0 spiro atoms. The molecule has 8 nitrogen and oxygen atoms in total. The third kappa shape index (κ3) is 7.01. The van der Waals surface area contributed by atoms with Crippen LogP contribution in [0.5, 0.6) is 0 Å². The van der Waals surface area contributed by atoms with E-state index < -0.39 is 0 Å². The van der Waals surface area contributed by atoms with Crippen LogP contribution < -0.4 is 10.6 Å². The Balaban J connectivity index is 1.20. The number of carbonyl (C=O) groups is 2. The van der Waals surface area contributed by atoms with Gasteiger partial charge in [0.2, 0.25) is 0 Å². The molecule has 208 valence electrons. The van der Waals surface area contributed by atoms with Crippen molar-refractivity contribution in [3.8, 4) is 11.3 Å². The average Bonchev–Trinajstić information content (AvgIpc) is 3.41. The molecule has 1 aromatic heterocycles. The number of anilines is 1. The molecule has 0 bridgehead atoms. The van der Waals surface area contributed by atoms with Crippen molar-refractivity contribution in [3.05, 3.63) is 90.0 Å². The number of furan rings is 1. The van der Waals surface area contributed by atoms with E-state index in [1.54, 1.807) is 4.90 Å². The first-order valence-electron chi connectivity index (χ1n) is 13.9. The Labute approximate surface area is 234 Å². The molecule has 4 aromatic rings. The Hall–Kier alpha value is -4.30. The topological polar surface area (TPSA) is 87.0 Å². The number of carbonyl (C=O) groups excluding carboxylic acids is 2. The molecule has 3 aromatic carbocycles. The Morgan fingerprint density at radius 2 is 1.68 bits per heavy atom. The number of ether oxygens (including phenoxy) is 1.